The number of allylic oxidation sites excluding steroid dienone is 2. The fourth-order valence-corrected chi connectivity index (χ4v) is 8.62. The van der Waals surface area contributed by atoms with Crippen LogP contribution in [-0.4, -0.2) is 15.9 Å². The quantitative estimate of drug-likeness (QED) is 0.0986. The first-order valence-electron chi connectivity index (χ1n) is 19.1. The maximum Gasteiger partial charge on any atom is 0.162 e. The first-order valence-corrected chi connectivity index (χ1v) is 19.1. The Kier molecular flexibility index (Phi) is 11.0. The Morgan fingerprint density at radius 1 is 0.736 bits per heavy atom. The Morgan fingerprint density at radius 2 is 1.32 bits per heavy atom. The van der Waals surface area contributed by atoms with Crippen molar-refractivity contribution >= 4 is 27.3 Å². The Bertz CT molecular complexity index is 2290. The number of hydrogen-bond acceptors (Lipinski definition) is 3. The number of fused-ring (bicyclic) bond motifs is 10. The zero-order chi connectivity index (χ0) is 36.8. The van der Waals surface area contributed by atoms with Crippen molar-refractivity contribution in [1.82, 2.24) is 4.98 Å². The third kappa shape index (κ3) is 6.38. The Morgan fingerprint density at radius 3 is 1.92 bits per heavy atom. The molecule has 1 N–H and O–H groups in total. The van der Waals surface area contributed by atoms with E-state index in [0.717, 1.165) is 42.3 Å². The number of aliphatic hydroxyl groups is 1. The fraction of sp³-hybridized carbons (Fsp3) is 0.306. The second-order valence-electron chi connectivity index (χ2n) is 15.5. The van der Waals surface area contributed by atoms with Gasteiger partial charge in [0.15, 0.2) is 5.78 Å². The summed E-state index contributed by atoms with van der Waals surface area (Å²) in [7, 11) is 0. The summed E-state index contributed by atoms with van der Waals surface area (Å²) in [6.45, 7) is 15.0. The minimum absolute atomic E-state index is 0. The van der Waals surface area contributed by atoms with Crippen LogP contribution < -0.4 is 0 Å². The van der Waals surface area contributed by atoms with Crippen molar-refractivity contribution in [2.75, 3.05) is 0 Å². The first kappa shape index (κ1) is 38.4. The predicted molar refractivity (Wildman–Crippen MR) is 217 cm³/mol. The number of aromatic nitrogens is 1. The van der Waals surface area contributed by atoms with E-state index in [0.29, 0.717) is 0 Å². The van der Waals surface area contributed by atoms with Crippen LogP contribution in [0.3, 0.4) is 0 Å². The SMILES string of the molecule is CC(C)(C)c1cc2c3c(nccc3c1)-c1[c-]c3ccccc3cc1C21c2ccccc2-c2ccccc21.CCC(CC)C(=O)/C=C(\O)C(CC)CC.[Ir]. The van der Waals surface area contributed by atoms with E-state index in [1.165, 1.54) is 61.2 Å². The standard InChI is InChI=1S/C36H26N.C13H24O2.Ir/c1-35(2,3)25-18-24-16-17-37-34-28-19-22-10-4-5-11-23(22)20-31(28)36(32(21-25)33(24)34)29-14-8-6-12-26(29)27-13-7-9-15-30(27)36;1-5-10(6-2)12(14)9-13(15)11(7-3)8-4;/h4-18,20-21H,1-3H3;9-11,14H,5-8H2,1-4H3;/q-1;;/b;12-9-;. The second-order valence-corrected chi connectivity index (χ2v) is 15.5. The molecule has 2 aliphatic carbocycles. The number of carbonyl (C=O) groups is 1. The van der Waals surface area contributed by atoms with E-state index in [1.54, 1.807) is 0 Å². The van der Waals surface area contributed by atoms with Gasteiger partial charge in [0.25, 0.3) is 0 Å². The van der Waals surface area contributed by atoms with Gasteiger partial charge >= 0.3 is 0 Å². The molecule has 0 amide bonds. The van der Waals surface area contributed by atoms with Gasteiger partial charge in [-0.1, -0.05) is 144 Å². The summed E-state index contributed by atoms with van der Waals surface area (Å²) in [5.41, 5.74) is 11.0. The van der Waals surface area contributed by atoms with Crippen molar-refractivity contribution in [1.29, 1.82) is 0 Å². The number of benzene rings is 5. The van der Waals surface area contributed by atoms with Crippen molar-refractivity contribution in [2.45, 2.75) is 85.0 Å². The monoisotopic (exact) mass is 877 g/mol. The predicted octanol–water partition coefficient (Wildman–Crippen LogP) is 12.7. The van der Waals surface area contributed by atoms with E-state index in [1.807, 2.05) is 33.9 Å². The molecule has 0 unspecified atom stereocenters. The number of nitrogens with zero attached hydrogens (tertiary/aromatic N) is 1. The van der Waals surface area contributed by atoms with Crippen LogP contribution in [0.5, 0.6) is 0 Å². The van der Waals surface area contributed by atoms with Gasteiger partial charge in [-0.15, -0.1) is 23.6 Å². The van der Waals surface area contributed by atoms with Crippen molar-refractivity contribution in [3.8, 4) is 22.4 Å². The van der Waals surface area contributed by atoms with Gasteiger partial charge in [0.2, 0.25) is 0 Å². The molecule has 4 heteroatoms. The molecular formula is C49H50IrNO2-. The number of hydrogen-bond donors (Lipinski definition) is 1. The van der Waals surface area contributed by atoms with Crippen LogP contribution in [0.1, 0.15) is 102 Å². The maximum absolute atomic E-state index is 11.7. The van der Waals surface area contributed by atoms with Gasteiger partial charge in [0, 0.05) is 55.3 Å². The van der Waals surface area contributed by atoms with E-state index in [9.17, 15) is 9.90 Å². The van der Waals surface area contributed by atoms with Crippen molar-refractivity contribution in [3.05, 3.63) is 149 Å². The van der Waals surface area contributed by atoms with Crippen LogP contribution in [-0.2, 0) is 35.7 Å². The fourth-order valence-electron chi connectivity index (χ4n) is 8.62. The van der Waals surface area contributed by atoms with Crippen molar-refractivity contribution in [3.63, 3.8) is 0 Å². The molecule has 0 saturated heterocycles. The molecule has 53 heavy (non-hydrogen) atoms. The summed E-state index contributed by atoms with van der Waals surface area (Å²) in [4.78, 5) is 16.7. The van der Waals surface area contributed by atoms with Crippen LogP contribution in [0.15, 0.2) is 115 Å². The van der Waals surface area contributed by atoms with Crippen molar-refractivity contribution < 1.29 is 30.0 Å². The molecule has 1 radical (unpaired) electrons. The molecule has 8 rings (SSSR count). The maximum atomic E-state index is 11.7. The molecule has 0 aliphatic heterocycles. The molecular weight excluding hydrogens is 827 g/mol. The van der Waals surface area contributed by atoms with Gasteiger partial charge in [-0.25, -0.2) is 0 Å². The average molecular weight is 877 g/mol. The number of rotatable bonds is 7. The molecule has 0 fully saturated rings. The minimum Gasteiger partial charge on any atom is -0.512 e. The summed E-state index contributed by atoms with van der Waals surface area (Å²) >= 11 is 0. The summed E-state index contributed by atoms with van der Waals surface area (Å²) < 4.78 is 0. The molecule has 1 heterocycles. The van der Waals surface area contributed by atoms with Gasteiger partial charge in [-0.05, 0) is 81.3 Å². The van der Waals surface area contributed by atoms with E-state index in [2.05, 4.69) is 124 Å². The number of aliphatic hydroxyl groups excluding tert-OH is 1. The molecule has 273 valence electrons. The van der Waals surface area contributed by atoms with Crippen LogP contribution in [0, 0.1) is 17.9 Å². The average Bonchev–Trinajstić information content (AvgIpc) is 3.44. The van der Waals surface area contributed by atoms with Gasteiger partial charge in [0.1, 0.15) is 0 Å². The zero-order valence-corrected chi connectivity index (χ0v) is 34.4. The summed E-state index contributed by atoms with van der Waals surface area (Å²) in [6, 6.07) is 39.9. The second kappa shape index (κ2) is 15.2. The third-order valence-electron chi connectivity index (χ3n) is 11.6. The summed E-state index contributed by atoms with van der Waals surface area (Å²) in [5, 5.41) is 14.6. The molecule has 1 aromatic heterocycles. The van der Waals surface area contributed by atoms with Crippen molar-refractivity contribution in [2.24, 2.45) is 11.8 Å². The van der Waals surface area contributed by atoms with Gasteiger partial charge in [-0.3, -0.25) is 9.78 Å². The van der Waals surface area contributed by atoms with E-state index in [-0.39, 0.29) is 48.9 Å². The first-order chi connectivity index (χ1) is 25.1. The van der Waals surface area contributed by atoms with Crippen LogP contribution >= 0.6 is 0 Å². The minimum atomic E-state index is -0.432. The number of ketones is 1. The molecule has 3 nitrogen and oxygen atoms in total. The third-order valence-corrected chi connectivity index (χ3v) is 11.6. The largest absolute Gasteiger partial charge is 0.512 e. The molecule has 2 aliphatic rings. The topological polar surface area (TPSA) is 50.2 Å². The Balaban J connectivity index is 0.000000258. The normalized spacial score (nSPS) is 13.7. The van der Waals surface area contributed by atoms with Gasteiger partial charge < -0.3 is 5.11 Å². The number of carbonyl (C=O) groups excluding carboxylic acids is 1. The smallest absolute Gasteiger partial charge is 0.162 e. The summed E-state index contributed by atoms with van der Waals surface area (Å²) in [5.74, 6) is 0.547. The van der Waals surface area contributed by atoms with Gasteiger partial charge in [-0.2, -0.15) is 0 Å². The summed E-state index contributed by atoms with van der Waals surface area (Å²) in [6.07, 6.45) is 6.87. The van der Waals surface area contributed by atoms with E-state index >= 15 is 0 Å². The molecule has 5 aromatic carbocycles. The van der Waals surface area contributed by atoms with Crippen LogP contribution in [0.2, 0.25) is 0 Å². The molecule has 0 atom stereocenters. The molecule has 6 aromatic rings. The van der Waals surface area contributed by atoms with Gasteiger partial charge in [0.05, 0.1) is 5.76 Å². The molecule has 0 saturated carbocycles. The number of pyridine rings is 1. The Labute approximate surface area is 328 Å². The molecule has 0 bridgehead atoms. The van der Waals surface area contributed by atoms with Crippen LogP contribution in [0.4, 0.5) is 0 Å². The van der Waals surface area contributed by atoms with Crippen LogP contribution in [0.25, 0.3) is 43.9 Å². The zero-order valence-electron chi connectivity index (χ0n) is 32.0. The van der Waals surface area contributed by atoms with E-state index < -0.39 is 5.41 Å². The van der Waals surface area contributed by atoms with E-state index in [4.69, 9.17) is 4.98 Å². The Hall–Kier alpha value is -4.37. The molecule has 1 spiro atoms.